The number of aromatic hydroxyl groups is 1. The molecule has 0 aliphatic carbocycles. The highest BCUT2D eigenvalue weighted by Crippen LogP contribution is 2.33. The predicted octanol–water partition coefficient (Wildman–Crippen LogP) is 3.65. The Balaban J connectivity index is 1.65. The van der Waals surface area contributed by atoms with Crippen molar-refractivity contribution in [3.05, 3.63) is 65.7 Å². The Morgan fingerprint density at radius 3 is 2.43 bits per heavy atom. The number of ether oxygens (including phenoxy) is 1. The molecular formula is C23H28N2O3. The predicted molar refractivity (Wildman–Crippen MR) is 112 cm³/mol. The van der Waals surface area contributed by atoms with Crippen LogP contribution in [0.25, 0.3) is 0 Å². The van der Waals surface area contributed by atoms with Crippen molar-refractivity contribution < 1.29 is 14.6 Å². The van der Waals surface area contributed by atoms with Gasteiger partial charge in [0.2, 0.25) is 0 Å². The maximum atomic E-state index is 11.4. The Bertz CT molecular complexity index is 838. The van der Waals surface area contributed by atoms with Gasteiger partial charge in [0, 0.05) is 49.5 Å². The summed E-state index contributed by atoms with van der Waals surface area (Å²) in [5.41, 5.74) is 3.85. The van der Waals surface area contributed by atoms with Gasteiger partial charge >= 0.3 is 0 Å². The zero-order valence-electron chi connectivity index (χ0n) is 16.6. The summed E-state index contributed by atoms with van der Waals surface area (Å²) in [7, 11) is 1.58. The topological polar surface area (TPSA) is 53.0 Å². The van der Waals surface area contributed by atoms with Gasteiger partial charge in [0.15, 0.2) is 17.3 Å². The van der Waals surface area contributed by atoms with Crippen LogP contribution in [0.15, 0.2) is 49.1 Å². The quantitative estimate of drug-likeness (QED) is 0.587. The van der Waals surface area contributed by atoms with Gasteiger partial charge in [-0.3, -0.25) is 9.69 Å². The van der Waals surface area contributed by atoms with Crippen molar-refractivity contribution in [3.8, 4) is 11.5 Å². The van der Waals surface area contributed by atoms with Gasteiger partial charge in [-0.15, -0.1) is 6.58 Å². The van der Waals surface area contributed by atoms with E-state index in [-0.39, 0.29) is 11.5 Å². The molecule has 1 fully saturated rings. The molecule has 0 amide bonds. The first-order valence-corrected chi connectivity index (χ1v) is 9.59. The minimum atomic E-state index is 0.0882. The van der Waals surface area contributed by atoms with Crippen LogP contribution in [0.1, 0.15) is 28.4 Å². The first-order chi connectivity index (χ1) is 13.5. The SMILES string of the molecule is C=CCc1cc(CN2CCN(c3ccc(C(C)=O)cc3)CC2)c(O)c(OC)c1. The second-order valence-electron chi connectivity index (χ2n) is 7.16. The van der Waals surface area contributed by atoms with Crippen molar-refractivity contribution in [2.45, 2.75) is 19.9 Å². The number of phenols is 1. The number of allylic oxidation sites excluding steroid dienone is 1. The van der Waals surface area contributed by atoms with Gasteiger partial charge in [-0.25, -0.2) is 0 Å². The molecule has 0 aromatic heterocycles. The van der Waals surface area contributed by atoms with Crippen molar-refractivity contribution in [1.29, 1.82) is 0 Å². The van der Waals surface area contributed by atoms with Crippen molar-refractivity contribution in [1.82, 2.24) is 4.90 Å². The molecule has 1 N–H and O–H groups in total. The van der Waals surface area contributed by atoms with Crippen LogP contribution in [-0.4, -0.2) is 49.1 Å². The fourth-order valence-electron chi connectivity index (χ4n) is 3.60. The number of ketones is 1. The molecule has 3 rings (SSSR count). The Kier molecular flexibility index (Phi) is 6.37. The average Bonchev–Trinajstić information content (AvgIpc) is 2.71. The lowest BCUT2D eigenvalue weighted by Gasteiger charge is -2.36. The van der Waals surface area contributed by atoms with Gasteiger partial charge < -0.3 is 14.7 Å². The molecule has 0 saturated carbocycles. The van der Waals surface area contributed by atoms with Crippen molar-refractivity contribution in [3.63, 3.8) is 0 Å². The number of rotatable bonds is 7. The summed E-state index contributed by atoms with van der Waals surface area (Å²) >= 11 is 0. The summed E-state index contributed by atoms with van der Waals surface area (Å²) < 4.78 is 5.33. The number of phenolic OH excluding ortho intramolecular Hbond substituents is 1. The third-order valence-corrected chi connectivity index (χ3v) is 5.22. The van der Waals surface area contributed by atoms with Crippen LogP contribution >= 0.6 is 0 Å². The molecule has 2 aromatic rings. The lowest BCUT2D eigenvalue weighted by Crippen LogP contribution is -2.46. The van der Waals surface area contributed by atoms with Gasteiger partial charge in [-0.2, -0.15) is 0 Å². The molecule has 0 bridgehead atoms. The van der Waals surface area contributed by atoms with E-state index in [1.165, 1.54) is 0 Å². The van der Waals surface area contributed by atoms with Crippen LogP contribution in [0.3, 0.4) is 0 Å². The van der Waals surface area contributed by atoms with Gasteiger partial charge in [-0.1, -0.05) is 12.1 Å². The zero-order valence-corrected chi connectivity index (χ0v) is 16.6. The molecule has 1 heterocycles. The third-order valence-electron chi connectivity index (χ3n) is 5.22. The van der Waals surface area contributed by atoms with Gasteiger partial charge in [0.1, 0.15) is 0 Å². The van der Waals surface area contributed by atoms with Crippen LogP contribution < -0.4 is 9.64 Å². The van der Waals surface area contributed by atoms with E-state index in [0.717, 1.165) is 55.0 Å². The molecule has 28 heavy (non-hydrogen) atoms. The van der Waals surface area contributed by atoms with E-state index in [0.29, 0.717) is 12.3 Å². The maximum Gasteiger partial charge on any atom is 0.162 e. The Hall–Kier alpha value is -2.79. The second kappa shape index (κ2) is 8.93. The van der Waals surface area contributed by atoms with Crippen molar-refractivity contribution >= 4 is 11.5 Å². The molecule has 1 aliphatic heterocycles. The summed E-state index contributed by atoms with van der Waals surface area (Å²) in [6, 6.07) is 11.7. The fraction of sp³-hybridized carbons (Fsp3) is 0.348. The minimum absolute atomic E-state index is 0.0882. The third kappa shape index (κ3) is 4.54. The number of piperazine rings is 1. The number of methoxy groups -OCH3 is 1. The molecular weight excluding hydrogens is 352 g/mol. The lowest BCUT2D eigenvalue weighted by molar-refractivity contribution is 0.101. The van der Waals surface area contributed by atoms with Crippen molar-refractivity contribution in [2.75, 3.05) is 38.2 Å². The second-order valence-corrected chi connectivity index (χ2v) is 7.16. The molecule has 148 valence electrons. The van der Waals surface area contributed by atoms with Crippen LogP contribution in [-0.2, 0) is 13.0 Å². The largest absolute Gasteiger partial charge is 0.504 e. The normalized spacial score (nSPS) is 14.7. The van der Waals surface area contributed by atoms with Crippen LogP contribution in [0.5, 0.6) is 11.5 Å². The summed E-state index contributed by atoms with van der Waals surface area (Å²) in [5, 5.41) is 10.5. The van der Waals surface area contributed by atoms with Gasteiger partial charge in [0.25, 0.3) is 0 Å². The number of carbonyl (C=O) groups is 1. The highest BCUT2D eigenvalue weighted by Gasteiger charge is 2.20. The monoisotopic (exact) mass is 380 g/mol. The molecule has 0 spiro atoms. The van der Waals surface area contributed by atoms with Crippen LogP contribution in [0, 0.1) is 0 Å². The van der Waals surface area contributed by atoms with Crippen LogP contribution in [0.4, 0.5) is 5.69 Å². The van der Waals surface area contributed by atoms with Gasteiger partial charge in [-0.05, 0) is 49.2 Å². The number of benzene rings is 2. The van der Waals surface area contributed by atoms with E-state index in [1.54, 1.807) is 14.0 Å². The first-order valence-electron chi connectivity index (χ1n) is 9.59. The van der Waals surface area contributed by atoms with E-state index >= 15 is 0 Å². The number of Topliss-reactive ketones (excluding diaryl/α,β-unsaturated/α-hetero) is 1. The summed E-state index contributed by atoms with van der Waals surface area (Å²) in [4.78, 5) is 16.1. The van der Waals surface area contributed by atoms with E-state index in [4.69, 9.17) is 4.74 Å². The molecule has 1 saturated heterocycles. The number of carbonyl (C=O) groups excluding carboxylic acids is 1. The molecule has 1 aliphatic rings. The van der Waals surface area contributed by atoms with E-state index in [1.807, 2.05) is 42.5 Å². The number of hydrogen-bond donors (Lipinski definition) is 1. The zero-order chi connectivity index (χ0) is 20.1. The highest BCUT2D eigenvalue weighted by atomic mass is 16.5. The number of anilines is 1. The van der Waals surface area contributed by atoms with E-state index < -0.39 is 0 Å². The van der Waals surface area contributed by atoms with Crippen LogP contribution in [0.2, 0.25) is 0 Å². The molecule has 5 heteroatoms. The maximum absolute atomic E-state index is 11.4. The highest BCUT2D eigenvalue weighted by molar-refractivity contribution is 5.94. The average molecular weight is 380 g/mol. The Morgan fingerprint density at radius 2 is 1.86 bits per heavy atom. The molecule has 0 atom stereocenters. The molecule has 5 nitrogen and oxygen atoms in total. The first kappa shape index (κ1) is 20.0. The standard InChI is InChI=1S/C23H28N2O3/c1-4-5-18-14-20(23(27)22(15-18)28-3)16-24-10-12-25(13-11-24)21-8-6-19(7-9-21)17(2)26/h4,6-9,14-15,27H,1,5,10-13,16H2,2-3H3. The Labute approximate surface area is 166 Å². The van der Waals surface area contributed by atoms with E-state index in [9.17, 15) is 9.90 Å². The lowest BCUT2D eigenvalue weighted by atomic mass is 10.0. The summed E-state index contributed by atoms with van der Waals surface area (Å²) in [6.45, 7) is 9.69. The Morgan fingerprint density at radius 1 is 1.18 bits per heavy atom. The summed E-state index contributed by atoms with van der Waals surface area (Å²) in [5.74, 6) is 0.821. The van der Waals surface area contributed by atoms with Crippen molar-refractivity contribution in [2.24, 2.45) is 0 Å². The van der Waals surface area contributed by atoms with E-state index in [2.05, 4.69) is 16.4 Å². The minimum Gasteiger partial charge on any atom is -0.504 e. The summed E-state index contributed by atoms with van der Waals surface area (Å²) in [6.07, 6.45) is 2.60. The number of hydrogen-bond acceptors (Lipinski definition) is 5. The number of nitrogens with zero attached hydrogens (tertiary/aromatic N) is 2. The molecule has 0 radical (unpaired) electrons. The smallest absolute Gasteiger partial charge is 0.162 e. The molecule has 0 unspecified atom stereocenters. The van der Waals surface area contributed by atoms with Gasteiger partial charge in [0.05, 0.1) is 7.11 Å². The molecule has 2 aromatic carbocycles. The fourth-order valence-corrected chi connectivity index (χ4v) is 3.60.